The van der Waals surface area contributed by atoms with Crippen LogP contribution in [0.15, 0.2) is 54.9 Å². The monoisotopic (exact) mass is 358 g/mol. The Morgan fingerprint density at radius 3 is 2.70 bits per heavy atom. The number of hydrogen-bond acceptors (Lipinski definition) is 3. The third-order valence-corrected chi connectivity index (χ3v) is 5.72. The SMILES string of the molecule is Cc1c(C(=O)N(C2CC2)C2CCc3ccccc32)cnn1-c1ccccn1. The lowest BCUT2D eigenvalue weighted by molar-refractivity contribution is 0.0657. The molecule has 2 aromatic heterocycles. The van der Waals surface area contributed by atoms with Gasteiger partial charge in [0, 0.05) is 12.2 Å². The lowest BCUT2D eigenvalue weighted by Gasteiger charge is -2.30. The molecule has 0 radical (unpaired) electrons. The normalized spacial score (nSPS) is 18.3. The van der Waals surface area contributed by atoms with Gasteiger partial charge in [-0.1, -0.05) is 30.3 Å². The summed E-state index contributed by atoms with van der Waals surface area (Å²) in [7, 11) is 0. The maximum Gasteiger partial charge on any atom is 0.258 e. The van der Waals surface area contributed by atoms with Crippen LogP contribution in [0.2, 0.25) is 0 Å². The maximum atomic E-state index is 13.5. The van der Waals surface area contributed by atoms with Gasteiger partial charge in [0.2, 0.25) is 0 Å². The van der Waals surface area contributed by atoms with Crippen LogP contribution in [0.25, 0.3) is 5.82 Å². The highest BCUT2D eigenvalue weighted by Gasteiger charge is 2.41. The zero-order chi connectivity index (χ0) is 18.4. The van der Waals surface area contributed by atoms with Crippen molar-refractivity contribution in [3.8, 4) is 5.82 Å². The van der Waals surface area contributed by atoms with Crippen molar-refractivity contribution in [3.63, 3.8) is 0 Å². The molecule has 1 amide bonds. The number of pyridine rings is 1. The molecule has 0 saturated heterocycles. The smallest absolute Gasteiger partial charge is 0.258 e. The summed E-state index contributed by atoms with van der Waals surface area (Å²) in [5.41, 5.74) is 4.21. The molecule has 5 rings (SSSR count). The van der Waals surface area contributed by atoms with Gasteiger partial charge in [0.25, 0.3) is 5.91 Å². The van der Waals surface area contributed by atoms with E-state index in [9.17, 15) is 4.79 Å². The van der Waals surface area contributed by atoms with Crippen LogP contribution in [-0.2, 0) is 6.42 Å². The average Bonchev–Trinajstić information content (AvgIpc) is 3.33. The second-order valence-corrected chi connectivity index (χ2v) is 7.44. The van der Waals surface area contributed by atoms with Gasteiger partial charge in [0.05, 0.1) is 23.5 Å². The fourth-order valence-corrected chi connectivity index (χ4v) is 4.21. The van der Waals surface area contributed by atoms with Crippen LogP contribution in [0, 0.1) is 6.92 Å². The number of hydrogen-bond donors (Lipinski definition) is 0. The van der Waals surface area contributed by atoms with Crippen molar-refractivity contribution in [3.05, 3.63) is 77.2 Å². The topological polar surface area (TPSA) is 51.0 Å². The zero-order valence-corrected chi connectivity index (χ0v) is 15.4. The first-order valence-electron chi connectivity index (χ1n) is 9.60. The summed E-state index contributed by atoms with van der Waals surface area (Å²) in [4.78, 5) is 20.0. The van der Waals surface area contributed by atoms with E-state index in [1.807, 2.05) is 25.1 Å². The molecule has 3 aromatic rings. The first-order valence-corrected chi connectivity index (χ1v) is 9.60. The minimum absolute atomic E-state index is 0.0962. The summed E-state index contributed by atoms with van der Waals surface area (Å²) < 4.78 is 1.75. The molecule has 2 aliphatic rings. The number of fused-ring (bicyclic) bond motifs is 1. The molecule has 2 aliphatic carbocycles. The summed E-state index contributed by atoms with van der Waals surface area (Å²) in [6, 6.07) is 14.8. The van der Waals surface area contributed by atoms with E-state index in [4.69, 9.17) is 0 Å². The molecule has 1 unspecified atom stereocenters. The van der Waals surface area contributed by atoms with E-state index in [0.29, 0.717) is 11.6 Å². The predicted molar refractivity (Wildman–Crippen MR) is 103 cm³/mol. The summed E-state index contributed by atoms with van der Waals surface area (Å²) >= 11 is 0. The van der Waals surface area contributed by atoms with E-state index in [1.54, 1.807) is 17.1 Å². The predicted octanol–water partition coefficient (Wildman–Crippen LogP) is 3.87. The Labute approximate surface area is 158 Å². The van der Waals surface area contributed by atoms with Gasteiger partial charge in [-0.15, -0.1) is 0 Å². The third kappa shape index (κ3) is 2.74. The van der Waals surface area contributed by atoms with Crippen molar-refractivity contribution in [1.82, 2.24) is 19.7 Å². The number of aryl methyl sites for hydroxylation is 1. The fourth-order valence-electron chi connectivity index (χ4n) is 4.21. The molecule has 1 saturated carbocycles. The molecule has 1 fully saturated rings. The summed E-state index contributed by atoms with van der Waals surface area (Å²) in [5.74, 6) is 0.831. The van der Waals surface area contributed by atoms with E-state index < -0.39 is 0 Å². The molecule has 2 heterocycles. The fraction of sp³-hybridized carbons (Fsp3) is 0.318. The molecular weight excluding hydrogens is 336 g/mol. The number of benzene rings is 1. The molecule has 5 nitrogen and oxygen atoms in total. The molecular formula is C22H22N4O. The van der Waals surface area contributed by atoms with E-state index in [0.717, 1.165) is 37.2 Å². The molecule has 0 bridgehead atoms. The summed E-state index contributed by atoms with van der Waals surface area (Å²) in [6.45, 7) is 1.95. The number of carbonyl (C=O) groups excluding carboxylic acids is 1. The molecule has 5 heteroatoms. The van der Waals surface area contributed by atoms with Crippen LogP contribution in [0.3, 0.4) is 0 Å². The number of amides is 1. The lowest BCUT2D eigenvalue weighted by atomic mass is 10.1. The third-order valence-electron chi connectivity index (χ3n) is 5.72. The largest absolute Gasteiger partial charge is 0.328 e. The summed E-state index contributed by atoms with van der Waals surface area (Å²) in [6.07, 6.45) is 7.68. The molecule has 0 N–H and O–H groups in total. The Kier molecular flexibility index (Phi) is 3.81. The first-order chi connectivity index (χ1) is 13.2. The van der Waals surface area contributed by atoms with Gasteiger partial charge >= 0.3 is 0 Å². The van der Waals surface area contributed by atoms with Gasteiger partial charge < -0.3 is 4.90 Å². The lowest BCUT2D eigenvalue weighted by Crippen LogP contribution is -2.36. The van der Waals surface area contributed by atoms with Gasteiger partial charge in [-0.2, -0.15) is 5.10 Å². The molecule has 0 spiro atoms. The van der Waals surface area contributed by atoms with E-state index >= 15 is 0 Å². The number of rotatable bonds is 4. The Bertz CT molecular complexity index is 991. The van der Waals surface area contributed by atoms with Crippen LogP contribution in [0.1, 0.15) is 52.5 Å². The number of aromatic nitrogens is 3. The van der Waals surface area contributed by atoms with Crippen molar-refractivity contribution in [1.29, 1.82) is 0 Å². The van der Waals surface area contributed by atoms with Crippen LogP contribution in [-0.4, -0.2) is 31.6 Å². The van der Waals surface area contributed by atoms with Crippen LogP contribution in [0.5, 0.6) is 0 Å². The van der Waals surface area contributed by atoms with E-state index in [1.165, 1.54) is 11.1 Å². The molecule has 136 valence electrons. The van der Waals surface area contributed by atoms with Crippen LogP contribution >= 0.6 is 0 Å². The van der Waals surface area contributed by atoms with Gasteiger partial charge in [-0.3, -0.25) is 4.79 Å². The van der Waals surface area contributed by atoms with Gasteiger partial charge in [-0.25, -0.2) is 9.67 Å². The standard InChI is InChI=1S/C22H22N4O/c1-15-19(14-24-26(15)21-8-4-5-13-23-21)22(27)25(17-10-11-17)20-12-9-16-6-2-3-7-18(16)20/h2-8,13-14,17,20H,9-12H2,1H3. The van der Waals surface area contributed by atoms with E-state index in [2.05, 4.69) is 39.2 Å². The van der Waals surface area contributed by atoms with Gasteiger partial charge in [0.1, 0.15) is 0 Å². The first kappa shape index (κ1) is 16.2. The minimum Gasteiger partial charge on any atom is -0.328 e. The molecule has 1 atom stereocenters. The van der Waals surface area contributed by atoms with Crippen molar-refractivity contribution in [2.24, 2.45) is 0 Å². The van der Waals surface area contributed by atoms with E-state index in [-0.39, 0.29) is 11.9 Å². The van der Waals surface area contributed by atoms with Gasteiger partial charge in [-0.05, 0) is 55.9 Å². The molecule has 27 heavy (non-hydrogen) atoms. The molecule has 0 aliphatic heterocycles. The van der Waals surface area contributed by atoms with Crippen molar-refractivity contribution in [2.75, 3.05) is 0 Å². The highest BCUT2D eigenvalue weighted by Crippen LogP contribution is 2.42. The van der Waals surface area contributed by atoms with Crippen molar-refractivity contribution in [2.45, 2.75) is 44.7 Å². The second-order valence-electron chi connectivity index (χ2n) is 7.44. The highest BCUT2D eigenvalue weighted by molar-refractivity contribution is 5.96. The number of nitrogens with zero attached hydrogens (tertiary/aromatic N) is 4. The maximum absolute atomic E-state index is 13.5. The highest BCUT2D eigenvalue weighted by atomic mass is 16.2. The Morgan fingerprint density at radius 1 is 1.11 bits per heavy atom. The Morgan fingerprint density at radius 2 is 1.93 bits per heavy atom. The summed E-state index contributed by atoms with van der Waals surface area (Å²) in [5, 5.41) is 4.45. The Balaban J connectivity index is 1.50. The van der Waals surface area contributed by atoms with Crippen molar-refractivity contribution >= 4 is 5.91 Å². The van der Waals surface area contributed by atoms with Crippen LogP contribution in [0.4, 0.5) is 0 Å². The quantitative estimate of drug-likeness (QED) is 0.711. The second kappa shape index (κ2) is 6.34. The van der Waals surface area contributed by atoms with Gasteiger partial charge in [0.15, 0.2) is 5.82 Å². The van der Waals surface area contributed by atoms with Crippen molar-refractivity contribution < 1.29 is 4.79 Å². The minimum atomic E-state index is 0.0962. The molecule has 1 aromatic carbocycles. The number of carbonyl (C=O) groups is 1. The zero-order valence-electron chi connectivity index (χ0n) is 15.4. The Hall–Kier alpha value is -2.95. The van der Waals surface area contributed by atoms with Crippen LogP contribution < -0.4 is 0 Å². The average molecular weight is 358 g/mol.